The highest BCUT2D eigenvalue weighted by molar-refractivity contribution is 5.47. The first-order chi connectivity index (χ1) is 6.08. The molecule has 0 aromatic carbocycles. The van der Waals surface area contributed by atoms with Crippen molar-refractivity contribution in [3.05, 3.63) is 30.1 Å². The zero-order valence-electron chi connectivity index (χ0n) is 8.38. The van der Waals surface area contributed by atoms with Crippen LogP contribution in [0.3, 0.4) is 0 Å². The Labute approximate surface area is 79.8 Å². The van der Waals surface area contributed by atoms with Gasteiger partial charge in [-0.3, -0.25) is 0 Å². The monoisotopic (exact) mass is 178 g/mol. The summed E-state index contributed by atoms with van der Waals surface area (Å²) < 4.78 is 0. The van der Waals surface area contributed by atoms with E-state index in [2.05, 4.69) is 31.0 Å². The maximum absolute atomic E-state index is 5.85. The molecule has 3 N–H and O–H groups in total. The Kier molecular flexibility index (Phi) is 3.32. The Morgan fingerprint density at radius 3 is 2.85 bits per heavy atom. The van der Waals surface area contributed by atoms with E-state index in [4.69, 9.17) is 5.73 Å². The van der Waals surface area contributed by atoms with Gasteiger partial charge in [-0.2, -0.15) is 0 Å². The Balaban J connectivity index is 2.27. The minimum Gasteiger partial charge on any atom is -0.367 e. The molecule has 1 heterocycles. The highest BCUT2D eigenvalue weighted by atomic mass is 14.7. The van der Waals surface area contributed by atoms with Gasteiger partial charge in [0.2, 0.25) is 0 Å². The van der Waals surface area contributed by atoms with Crippen LogP contribution in [0.5, 0.6) is 0 Å². The topological polar surface area (TPSA) is 41.8 Å². The van der Waals surface area contributed by atoms with Gasteiger partial charge in [-0.05, 0) is 38.3 Å². The van der Waals surface area contributed by atoms with Crippen LogP contribution in [0.25, 0.3) is 6.08 Å². The molecule has 0 atom stereocenters. The predicted octanol–water partition coefficient (Wildman–Crippen LogP) is 2.55. The second-order valence-corrected chi connectivity index (χ2v) is 4.07. The van der Waals surface area contributed by atoms with Crippen LogP contribution in [-0.2, 0) is 0 Å². The summed E-state index contributed by atoms with van der Waals surface area (Å²) in [6, 6.07) is 2.05. The number of aromatic nitrogens is 1. The third-order valence-electron chi connectivity index (χ3n) is 1.89. The molecule has 0 radical (unpaired) electrons. The predicted molar refractivity (Wildman–Crippen MR) is 57.3 cm³/mol. The molecule has 1 rings (SSSR count). The lowest BCUT2D eigenvalue weighted by molar-refractivity contribution is 0.482. The number of rotatable bonds is 4. The fourth-order valence-electron chi connectivity index (χ4n) is 1.12. The van der Waals surface area contributed by atoms with E-state index in [9.17, 15) is 0 Å². The van der Waals surface area contributed by atoms with Crippen LogP contribution < -0.4 is 5.73 Å². The zero-order chi connectivity index (χ0) is 9.73. The SMILES string of the molecule is CC(C)(N)CC/C=C/c1cc[nH]c1. The van der Waals surface area contributed by atoms with E-state index >= 15 is 0 Å². The lowest BCUT2D eigenvalue weighted by Gasteiger charge is -2.16. The summed E-state index contributed by atoms with van der Waals surface area (Å²) in [4.78, 5) is 3.01. The smallest absolute Gasteiger partial charge is 0.01000 e. The fraction of sp³-hybridized carbons (Fsp3) is 0.455. The second kappa shape index (κ2) is 4.28. The summed E-state index contributed by atoms with van der Waals surface area (Å²) in [7, 11) is 0. The van der Waals surface area contributed by atoms with Crippen molar-refractivity contribution in [2.24, 2.45) is 5.73 Å². The van der Waals surface area contributed by atoms with E-state index < -0.39 is 0 Å². The summed E-state index contributed by atoms with van der Waals surface area (Å²) in [6.07, 6.45) is 10.2. The van der Waals surface area contributed by atoms with Crippen molar-refractivity contribution < 1.29 is 0 Å². The number of H-pyrrole nitrogens is 1. The van der Waals surface area contributed by atoms with Crippen LogP contribution in [0, 0.1) is 0 Å². The van der Waals surface area contributed by atoms with E-state index in [0.717, 1.165) is 12.8 Å². The summed E-state index contributed by atoms with van der Waals surface area (Å²) in [5, 5.41) is 0. The van der Waals surface area contributed by atoms with Gasteiger partial charge in [-0.1, -0.05) is 12.2 Å². The van der Waals surface area contributed by atoms with Crippen LogP contribution >= 0.6 is 0 Å². The minimum atomic E-state index is -0.0531. The highest BCUT2D eigenvalue weighted by Gasteiger charge is 2.07. The molecule has 72 valence electrons. The van der Waals surface area contributed by atoms with Crippen molar-refractivity contribution in [3.8, 4) is 0 Å². The molecular weight excluding hydrogens is 160 g/mol. The van der Waals surface area contributed by atoms with Gasteiger partial charge in [-0.25, -0.2) is 0 Å². The van der Waals surface area contributed by atoms with Crippen LogP contribution in [0.2, 0.25) is 0 Å². The third-order valence-corrected chi connectivity index (χ3v) is 1.89. The van der Waals surface area contributed by atoms with Gasteiger partial charge in [0.1, 0.15) is 0 Å². The van der Waals surface area contributed by atoms with E-state index in [0.29, 0.717) is 0 Å². The van der Waals surface area contributed by atoms with E-state index in [1.807, 2.05) is 18.5 Å². The van der Waals surface area contributed by atoms with Crippen molar-refractivity contribution in [1.82, 2.24) is 4.98 Å². The Morgan fingerprint density at radius 2 is 2.31 bits per heavy atom. The number of allylic oxidation sites excluding steroid dienone is 1. The lowest BCUT2D eigenvalue weighted by Crippen LogP contribution is -2.31. The maximum Gasteiger partial charge on any atom is 0.01000 e. The van der Waals surface area contributed by atoms with Gasteiger partial charge in [0.05, 0.1) is 0 Å². The average molecular weight is 178 g/mol. The molecule has 1 aromatic rings. The van der Waals surface area contributed by atoms with Crippen molar-refractivity contribution in [3.63, 3.8) is 0 Å². The molecule has 0 aliphatic heterocycles. The van der Waals surface area contributed by atoms with Gasteiger partial charge < -0.3 is 10.7 Å². The fourth-order valence-corrected chi connectivity index (χ4v) is 1.12. The largest absolute Gasteiger partial charge is 0.367 e. The number of nitrogens with one attached hydrogen (secondary N) is 1. The molecule has 0 amide bonds. The Morgan fingerprint density at radius 1 is 1.54 bits per heavy atom. The molecule has 0 bridgehead atoms. The third kappa shape index (κ3) is 4.53. The second-order valence-electron chi connectivity index (χ2n) is 4.07. The summed E-state index contributed by atoms with van der Waals surface area (Å²) >= 11 is 0. The van der Waals surface area contributed by atoms with Crippen LogP contribution in [0.1, 0.15) is 32.3 Å². The van der Waals surface area contributed by atoms with Gasteiger partial charge in [0.25, 0.3) is 0 Å². The normalized spacial score (nSPS) is 12.5. The number of hydrogen-bond donors (Lipinski definition) is 2. The molecule has 1 aromatic heterocycles. The number of nitrogens with two attached hydrogens (primary N) is 1. The van der Waals surface area contributed by atoms with Crippen LogP contribution in [-0.4, -0.2) is 10.5 Å². The van der Waals surface area contributed by atoms with Gasteiger partial charge in [0, 0.05) is 17.9 Å². The molecule has 0 unspecified atom stereocenters. The van der Waals surface area contributed by atoms with Gasteiger partial charge in [-0.15, -0.1) is 0 Å². The first-order valence-electron chi connectivity index (χ1n) is 4.66. The molecule has 0 aliphatic rings. The van der Waals surface area contributed by atoms with Crippen LogP contribution in [0.4, 0.5) is 0 Å². The molecule has 2 heteroatoms. The van der Waals surface area contributed by atoms with Crippen molar-refractivity contribution in [2.75, 3.05) is 0 Å². The first kappa shape index (κ1) is 10.1. The zero-order valence-corrected chi connectivity index (χ0v) is 8.38. The lowest BCUT2D eigenvalue weighted by atomic mass is 10.00. The standard InChI is InChI=1S/C11H18N2/c1-11(2,12)7-4-3-5-10-6-8-13-9-10/h3,5-6,8-9,13H,4,7,12H2,1-2H3/b5-3+. The maximum atomic E-state index is 5.85. The summed E-state index contributed by atoms with van der Waals surface area (Å²) in [6.45, 7) is 4.11. The quantitative estimate of drug-likeness (QED) is 0.731. The summed E-state index contributed by atoms with van der Waals surface area (Å²) in [5.41, 5.74) is 7.02. The van der Waals surface area contributed by atoms with Gasteiger partial charge >= 0.3 is 0 Å². The Bertz CT molecular complexity index is 252. The molecular formula is C11H18N2. The number of aromatic amines is 1. The molecule has 13 heavy (non-hydrogen) atoms. The molecule has 0 saturated heterocycles. The summed E-state index contributed by atoms with van der Waals surface area (Å²) in [5.74, 6) is 0. The van der Waals surface area contributed by atoms with Gasteiger partial charge in [0.15, 0.2) is 0 Å². The van der Waals surface area contributed by atoms with Crippen LogP contribution in [0.15, 0.2) is 24.5 Å². The molecule has 0 aliphatic carbocycles. The van der Waals surface area contributed by atoms with E-state index in [1.165, 1.54) is 5.56 Å². The van der Waals surface area contributed by atoms with E-state index in [-0.39, 0.29) is 5.54 Å². The minimum absolute atomic E-state index is 0.0531. The molecule has 0 fully saturated rings. The molecule has 0 spiro atoms. The van der Waals surface area contributed by atoms with Crippen molar-refractivity contribution >= 4 is 6.08 Å². The number of hydrogen-bond acceptors (Lipinski definition) is 1. The van der Waals surface area contributed by atoms with Crippen molar-refractivity contribution in [1.29, 1.82) is 0 Å². The average Bonchev–Trinajstić information content (AvgIpc) is 2.48. The Hall–Kier alpha value is -1.02. The molecule has 2 nitrogen and oxygen atoms in total. The first-order valence-corrected chi connectivity index (χ1v) is 4.66. The van der Waals surface area contributed by atoms with E-state index in [1.54, 1.807) is 0 Å². The highest BCUT2D eigenvalue weighted by Crippen LogP contribution is 2.09. The van der Waals surface area contributed by atoms with Crippen molar-refractivity contribution in [2.45, 2.75) is 32.2 Å². The molecule has 0 saturated carbocycles.